The number of hydroxylamine groups is 1. The fraction of sp³-hybridized carbons (Fsp3) is 0.128. The quantitative estimate of drug-likeness (QED) is 0.126. The van der Waals surface area contributed by atoms with Crippen LogP contribution in [-0.2, 0) is 38.7 Å². The van der Waals surface area contributed by atoms with E-state index < -0.39 is 17.9 Å². The molecule has 0 saturated carbocycles. The number of hydrogen-bond donors (Lipinski definition) is 3. The Kier molecular flexibility index (Phi) is 11.6. The average Bonchev–Trinajstić information content (AvgIpc) is 3.13. The molecular formula is C39H34N4O6. The van der Waals surface area contributed by atoms with Crippen LogP contribution in [0.1, 0.15) is 33.9 Å². The molecule has 0 aliphatic carbocycles. The summed E-state index contributed by atoms with van der Waals surface area (Å²) in [4.78, 5) is 45.1. The molecule has 0 heterocycles. The Morgan fingerprint density at radius 3 is 1.92 bits per heavy atom. The molecule has 0 aromatic heterocycles. The molecule has 1 atom stereocenters. The van der Waals surface area contributed by atoms with Gasteiger partial charge in [-0.2, -0.15) is 10.7 Å². The Balaban J connectivity index is 1.49. The Morgan fingerprint density at radius 2 is 1.33 bits per heavy atom. The second-order valence-electron chi connectivity index (χ2n) is 10.9. The van der Waals surface area contributed by atoms with Gasteiger partial charge in [-0.1, -0.05) is 91.0 Å². The van der Waals surface area contributed by atoms with Crippen molar-refractivity contribution in [2.45, 2.75) is 25.5 Å². The zero-order valence-electron chi connectivity index (χ0n) is 26.7. The number of methoxy groups -OCH3 is 1. The summed E-state index contributed by atoms with van der Waals surface area (Å²) in [6, 6.07) is 38.3. The van der Waals surface area contributed by atoms with Crippen molar-refractivity contribution in [1.82, 2.24) is 5.48 Å². The van der Waals surface area contributed by atoms with Crippen LogP contribution in [0.5, 0.6) is 11.5 Å². The van der Waals surface area contributed by atoms with Crippen molar-refractivity contribution in [3.63, 3.8) is 0 Å². The van der Waals surface area contributed by atoms with Crippen molar-refractivity contribution in [3.8, 4) is 17.6 Å². The summed E-state index contributed by atoms with van der Waals surface area (Å²) in [6.45, 7) is 0.221. The number of ether oxygens (including phenoxy) is 2. The molecule has 5 rings (SSSR count). The van der Waals surface area contributed by atoms with E-state index in [1.165, 1.54) is 7.11 Å². The molecule has 0 spiro atoms. The van der Waals surface area contributed by atoms with Gasteiger partial charge >= 0.3 is 5.97 Å². The van der Waals surface area contributed by atoms with Crippen molar-refractivity contribution >= 4 is 29.2 Å². The van der Waals surface area contributed by atoms with E-state index in [2.05, 4.69) is 22.2 Å². The molecule has 2 amide bonds. The third-order valence-corrected chi connectivity index (χ3v) is 7.41. The van der Waals surface area contributed by atoms with E-state index in [0.29, 0.717) is 33.9 Å². The number of carbonyl (C=O) groups is 3. The molecule has 10 heteroatoms. The van der Waals surface area contributed by atoms with Crippen LogP contribution >= 0.6 is 0 Å². The summed E-state index contributed by atoms with van der Waals surface area (Å²) in [5, 5.41) is 15.4. The van der Waals surface area contributed by atoms with E-state index >= 15 is 0 Å². The lowest BCUT2D eigenvalue weighted by Crippen LogP contribution is -2.36. The Hall–Kier alpha value is -6.60. The van der Waals surface area contributed by atoms with Crippen molar-refractivity contribution in [2.75, 3.05) is 17.7 Å². The highest BCUT2D eigenvalue weighted by Gasteiger charge is 2.28. The number of anilines is 2. The maximum atomic E-state index is 13.9. The predicted molar refractivity (Wildman–Crippen MR) is 184 cm³/mol. The molecule has 0 radical (unpaired) electrons. The Labute approximate surface area is 284 Å². The highest BCUT2D eigenvalue weighted by atomic mass is 16.7. The predicted octanol–water partition coefficient (Wildman–Crippen LogP) is 6.30. The normalized spacial score (nSPS) is 10.9. The lowest BCUT2D eigenvalue weighted by molar-refractivity contribution is -0.157. The average molecular weight is 655 g/mol. The van der Waals surface area contributed by atoms with Crippen molar-refractivity contribution in [1.29, 1.82) is 5.26 Å². The van der Waals surface area contributed by atoms with Crippen LogP contribution in [0.3, 0.4) is 0 Å². The van der Waals surface area contributed by atoms with Crippen LogP contribution in [0.4, 0.5) is 11.4 Å². The lowest BCUT2D eigenvalue weighted by Gasteiger charge is -2.24. The summed E-state index contributed by atoms with van der Waals surface area (Å²) in [7, 11) is 1.47. The van der Waals surface area contributed by atoms with E-state index in [1.54, 1.807) is 60.7 Å². The number of nitrogens with one attached hydrogen (secondary N) is 3. The number of hydrogen-bond acceptors (Lipinski definition) is 8. The summed E-state index contributed by atoms with van der Waals surface area (Å²) in [6.07, 6.45) is 0.0143. The Morgan fingerprint density at radius 1 is 0.735 bits per heavy atom. The number of amides is 2. The number of benzene rings is 5. The molecule has 0 aliphatic rings. The van der Waals surface area contributed by atoms with Crippen LogP contribution in [0.2, 0.25) is 0 Å². The van der Waals surface area contributed by atoms with Gasteiger partial charge in [0, 0.05) is 17.3 Å². The third kappa shape index (κ3) is 9.70. The lowest BCUT2D eigenvalue weighted by atomic mass is 10.0. The Bertz CT molecular complexity index is 1910. The maximum Gasteiger partial charge on any atom is 0.336 e. The summed E-state index contributed by atoms with van der Waals surface area (Å²) < 4.78 is 11.8. The SMILES string of the molecule is COc1cc([C@H](Nc2ccc(C#N)cc2)C(=O)NOC(=O)Cc2ccccc2)c(NC(=O)Cc2ccccc2)cc1OCc1ccccc1. The van der Waals surface area contributed by atoms with Crippen molar-refractivity contribution in [2.24, 2.45) is 0 Å². The topological polar surface area (TPSA) is 139 Å². The maximum absolute atomic E-state index is 13.9. The monoisotopic (exact) mass is 654 g/mol. The van der Waals surface area contributed by atoms with Crippen LogP contribution in [-0.4, -0.2) is 24.9 Å². The number of rotatable bonds is 13. The van der Waals surface area contributed by atoms with Gasteiger partial charge in [0.05, 0.1) is 37.3 Å². The number of nitriles is 1. The van der Waals surface area contributed by atoms with Gasteiger partial charge in [0.1, 0.15) is 12.6 Å². The smallest absolute Gasteiger partial charge is 0.336 e. The first-order valence-electron chi connectivity index (χ1n) is 15.4. The minimum absolute atomic E-state index is 0.0586. The summed E-state index contributed by atoms with van der Waals surface area (Å²) in [5.74, 6) is -1.11. The van der Waals surface area contributed by atoms with Crippen LogP contribution in [0, 0.1) is 11.3 Å². The van der Waals surface area contributed by atoms with Gasteiger partial charge in [0.25, 0.3) is 5.91 Å². The molecule has 10 nitrogen and oxygen atoms in total. The molecule has 49 heavy (non-hydrogen) atoms. The second kappa shape index (κ2) is 16.8. The number of carbonyl (C=O) groups excluding carboxylic acids is 3. The molecule has 0 aliphatic heterocycles. The molecule has 0 unspecified atom stereocenters. The molecule has 5 aromatic carbocycles. The van der Waals surface area contributed by atoms with Crippen molar-refractivity contribution < 1.29 is 28.7 Å². The van der Waals surface area contributed by atoms with Crippen LogP contribution in [0.25, 0.3) is 0 Å². The standard InChI is InChI=1S/C39H34N4O6/c1-47-34-23-32(33(42-36(44)21-27-11-5-2-6-12-27)24-35(34)48-26-30-15-9-4-10-16-30)38(41-31-19-17-29(25-40)18-20-31)39(46)43-49-37(45)22-28-13-7-3-8-14-28/h2-20,23-24,38,41H,21-22,26H2,1H3,(H,42,44)(H,43,46)/t38-/m0/s1. The second-order valence-corrected chi connectivity index (χ2v) is 10.9. The molecule has 0 bridgehead atoms. The minimum atomic E-state index is -1.22. The number of nitrogens with zero attached hydrogens (tertiary/aromatic N) is 1. The third-order valence-electron chi connectivity index (χ3n) is 7.41. The first kappa shape index (κ1) is 33.8. The molecule has 5 aromatic rings. The highest BCUT2D eigenvalue weighted by Crippen LogP contribution is 2.38. The fourth-order valence-corrected chi connectivity index (χ4v) is 4.96. The fourth-order valence-electron chi connectivity index (χ4n) is 4.96. The summed E-state index contributed by atoms with van der Waals surface area (Å²) >= 11 is 0. The summed E-state index contributed by atoms with van der Waals surface area (Å²) in [5.41, 5.74) is 6.18. The highest BCUT2D eigenvalue weighted by molar-refractivity contribution is 5.96. The first-order chi connectivity index (χ1) is 23.9. The molecule has 0 fully saturated rings. The molecule has 0 saturated heterocycles. The van der Waals surface area contributed by atoms with E-state index in [1.807, 2.05) is 66.7 Å². The van der Waals surface area contributed by atoms with Crippen molar-refractivity contribution in [3.05, 3.63) is 155 Å². The zero-order valence-corrected chi connectivity index (χ0v) is 26.7. The van der Waals surface area contributed by atoms with E-state index in [9.17, 15) is 19.6 Å². The zero-order chi connectivity index (χ0) is 34.4. The van der Waals surface area contributed by atoms with Crippen LogP contribution < -0.4 is 25.6 Å². The van der Waals surface area contributed by atoms with Gasteiger partial charge in [-0.25, -0.2) is 4.79 Å². The first-order valence-corrected chi connectivity index (χ1v) is 15.4. The van der Waals surface area contributed by atoms with Gasteiger partial charge < -0.3 is 24.9 Å². The van der Waals surface area contributed by atoms with Gasteiger partial charge in [-0.15, -0.1) is 0 Å². The van der Waals surface area contributed by atoms with E-state index in [-0.39, 0.29) is 31.0 Å². The van der Waals surface area contributed by atoms with Gasteiger partial charge in [0.2, 0.25) is 5.91 Å². The van der Waals surface area contributed by atoms with E-state index in [0.717, 1.165) is 11.1 Å². The minimum Gasteiger partial charge on any atom is -0.493 e. The van der Waals surface area contributed by atoms with Gasteiger partial charge in [-0.05, 0) is 47.0 Å². The molecule has 246 valence electrons. The molecule has 3 N–H and O–H groups in total. The van der Waals surface area contributed by atoms with Gasteiger partial charge in [-0.3, -0.25) is 9.59 Å². The largest absolute Gasteiger partial charge is 0.493 e. The van der Waals surface area contributed by atoms with Crippen LogP contribution in [0.15, 0.2) is 127 Å². The van der Waals surface area contributed by atoms with Gasteiger partial charge in [0.15, 0.2) is 11.5 Å². The molecular weight excluding hydrogens is 620 g/mol. The van der Waals surface area contributed by atoms with E-state index in [4.69, 9.17) is 14.3 Å².